The largest absolute Gasteiger partial charge is 0.451 e. The Bertz CT molecular complexity index is 1330. The zero-order valence-corrected chi connectivity index (χ0v) is 18.7. The van der Waals surface area contributed by atoms with Crippen LogP contribution >= 0.6 is 23.2 Å². The van der Waals surface area contributed by atoms with Crippen LogP contribution in [-0.4, -0.2) is 30.9 Å². The summed E-state index contributed by atoms with van der Waals surface area (Å²) >= 11 is 12.0. The highest BCUT2D eigenvalue weighted by Gasteiger charge is 2.17. The molecule has 0 aliphatic heterocycles. The fourth-order valence-corrected chi connectivity index (χ4v) is 3.64. The molecule has 4 aromatic rings. The highest BCUT2D eigenvalue weighted by Crippen LogP contribution is 2.30. The molecule has 0 aliphatic carbocycles. The highest BCUT2D eigenvalue weighted by molar-refractivity contribution is 6.42. The summed E-state index contributed by atoms with van der Waals surface area (Å²) in [4.78, 5) is 26.0. The molecular formula is C24H20Cl2N2O4. The number of furan rings is 1. The maximum absolute atomic E-state index is 12.7. The van der Waals surface area contributed by atoms with Gasteiger partial charge in [0, 0.05) is 37.2 Å². The predicted molar refractivity (Wildman–Crippen MR) is 127 cm³/mol. The van der Waals surface area contributed by atoms with E-state index in [1.165, 1.54) is 6.07 Å². The molecule has 0 saturated heterocycles. The van der Waals surface area contributed by atoms with E-state index in [2.05, 4.69) is 5.32 Å². The van der Waals surface area contributed by atoms with Gasteiger partial charge in [0.1, 0.15) is 11.3 Å². The molecule has 32 heavy (non-hydrogen) atoms. The van der Waals surface area contributed by atoms with Crippen molar-refractivity contribution in [3.63, 3.8) is 0 Å². The lowest BCUT2D eigenvalue weighted by atomic mass is 10.2. The number of nitrogens with zero attached hydrogens (tertiary/aromatic N) is 1. The van der Waals surface area contributed by atoms with E-state index in [0.29, 0.717) is 46.6 Å². The molecule has 6 nitrogen and oxygen atoms in total. The molecule has 0 aliphatic rings. The lowest BCUT2D eigenvalue weighted by Crippen LogP contribution is -2.28. The Morgan fingerprint density at radius 3 is 2.62 bits per heavy atom. The van der Waals surface area contributed by atoms with Crippen LogP contribution < -0.4 is 10.9 Å². The third-order valence-electron chi connectivity index (χ3n) is 5.00. The molecule has 0 unspecified atom stereocenters. The van der Waals surface area contributed by atoms with Gasteiger partial charge in [-0.3, -0.25) is 4.79 Å². The second-order valence-electron chi connectivity index (χ2n) is 7.28. The van der Waals surface area contributed by atoms with E-state index in [1.807, 2.05) is 18.2 Å². The third kappa shape index (κ3) is 4.82. The van der Waals surface area contributed by atoms with Gasteiger partial charge in [0.05, 0.1) is 15.7 Å². The third-order valence-corrected chi connectivity index (χ3v) is 5.74. The standard InChI is InChI=1S/C24H20Cl2N2O4/c1-28(12-4-11-27-19-14-23(29)32-21-6-3-2-5-16(19)21)24(30)22-10-9-20(31-22)15-7-8-17(25)18(26)13-15/h2-3,5-10,13-14,27H,4,11-12H2,1H3. The first-order chi connectivity index (χ1) is 15.4. The van der Waals surface area contributed by atoms with Crippen LogP contribution in [0.5, 0.6) is 0 Å². The van der Waals surface area contributed by atoms with Gasteiger partial charge in [-0.2, -0.15) is 0 Å². The zero-order chi connectivity index (χ0) is 22.7. The van der Waals surface area contributed by atoms with Crippen LogP contribution in [0.3, 0.4) is 0 Å². The van der Waals surface area contributed by atoms with E-state index >= 15 is 0 Å². The highest BCUT2D eigenvalue weighted by atomic mass is 35.5. The first-order valence-electron chi connectivity index (χ1n) is 10.00. The number of fused-ring (bicyclic) bond motifs is 1. The van der Waals surface area contributed by atoms with E-state index < -0.39 is 5.63 Å². The average molecular weight is 471 g/mol. The van der Waals surface area contributed by atoms with Crippen LogP contribution in [0.25, 0.3) is 22.3 Å². The van der Waals surface area contributed by atoms with Crippen LogP contribution in [0.4, 0.5) is 5.69 Å². The molecule has 8 heteroatoms. The minimum atomic E-state index is -0.408. The normalized spacial score (nSPS) is 11.0. The number of benzene rings is 2. The minimum absolute atomic E-state index is 0.220. The number of halogens is 2. The smallest absolute Gasteiger partial charge is 0.338 e. The van der Waals surface area contributed by atoms with E-state index in [9.17, 15) is 9.59 Å². The Balaban J connectivity index is 1.34. The molecule has 1 amide bonds. The lowest BCUT2D eigenvalue weighted by Gasteiger charge is -2.16. The van der Waals surface area contributed by atoms with Gasteiger partial charge < -0.3 is 19.1 Å². The number of nitrogens with one attached hydrogen (secondary N) is 1. The molecule has 0 atom stereocenters. The summed E-state index contributed by atoms with van der Waals surface area (Å²) in [7, 11) is 1.72. The predicted octanol–water partition coefficient (Wildman–Crippen LogP) is 5.93. The van der Waals surface area contributed by atoms with Crippen LogP contribution in [0.2, 0.25) is 10.0 Å². The number of carbonyl (C=O) groups is 1. The molecular weight excluding hydrogens is 451 g/mol. The fourth-order valence-electron chi connectivity index (χ4n) is 3.34. The number of rotatable bonds is 7. The molecule has 0 radical (unpaired) electrons. The molecule has 164 valence electrons. The van der Waals surface area contributed by atoms with Crippen LogP contribution in [0.1, 0.15) is 17.0 Å². The van der Waals surface area contributed by atoms with Gasteiger partial charge in [-0.05, 0) is 48.9 Å². The Morgan fingerprint density at radius 2 is 1.81 bits per heavy atom. The summed E-state index contributed by atoms with van der Waals surface area (Å²) in [6.45, 7) is 1.09. The van der Waals surface area contributed by atoms with Crippen molar-refractivity contribution in [3.05, 3.63) is 86.9 Å². The molecule has 2 aromatic heterocycles. The van der Waals surface area contributed by atoms with E-state index in [1.54, 1.807) is 48.3 Å². The monoisotopic (exact) mass is 470 g/mol. The quantitative estimate of drug-likeness (QED) is 0.267. The molecule has 0 saturated carbocycles. The van der Waals surface area contributed by atoms with Crippen molar-refractivity contribution >= 4 is 45.8 Å². The summed E-state index contributed by atoms with van der Waals surface area (Å²) < 4.78 is 10.9. The van der Waals surface area contributed by atoms with Gasteiger partial charge in [0.15, 0.2) is 5.76 Å². The lowest BCUT2D eigenvalue weighted by molar-refractivity contribution is 0.0764. The maximum Gasteiger partial charge on any atom is 0.338 e. The number of carbonyl (C=O) groups excluding carboxylic acids is 1. The van der Waals surface area contributed by atoms with Crippen LogP contribution in [-0.2, 0) is 0 Å². The summed E-state index contributed by atoms with van der Waals surface area (Å²) in [5.74, 6) is 0.562. The first-order valence-corrected chi connectivity index (χ1v) is 10.8. The van der Waals surface area contributed by atoms with Gasteiger partial charge >= 0.3 is 5.63 Å². The second-order valence-corrected chi connectivity index (χ2v) is 8.09. The molecule has 0 spiro atoms. The number of para-hydroxylation sites is 1. The summed E-state index contributed by atoms with van der Waals surface area (Å²) in [5, 5.41) is 4.96. The number of anilines is 1. The fraction of sp³-hybridized carbons (Fsp3) is 0.167. The van der Waals surface area contributed by atoms with Crippen molar-refractivity contribution in [1.29, 1.82) is 0 Å². The number of hydrogen-bond acceptors (Lipinski definition) is 5. The minimum Gasteiger partial charge on any atom is -0.451 e. The van der Waals surface area contributed by atoms with Gasteiger partial charge in [-0.15, -0.1) is 0 Å². The number of hydrogen-bond donors (Lipinski definition) is 1. The van der Waals surface area contributed by atoms with Gasteiger partial charge in [0.25, 0.3) is 5.91 Å². The maximum atomic E-state index is 12.7. The van der Waals surface area contributed by atoms with Crippen molar-refractivity contribution in [2.75, 3.05) is 25.5 Å². The molecule has 1 N–H and O–H groups in total. The van der Waals surface area contributed by atoms with Gasteiger partial charge in [-0.25, -0.2) is 4.79 Å². The molecule has 2 aromatic carbocycles. The van der Waals surface area contributed by atoms with Crippen molar-refractivity contribution in [3.8, 4) is 11.3 Å². The van der Waals surface area contributed by atoms with Crippen LogP contribution in [0.15, 0.2) is 74.3 Å². The van der Waals surface area contributed by atoms with Crippen molar-refractivity contribution in [2.24, 2.45) is 0 Å². The van der Waals surface area contributed by atoms with Gasteiger partial charge in [-0.1, -0.05) is 35.3 Å². The first kappa shape index (κ1) is 22.0. The SMILES string of the molecule is CN(CCCNc1cc(=O)oc2ccccc12)C(=O)c1ccc(-c2ccc(Cl)c(Cl)c2)o1. The van der Waals surface area contributed by atoms with Crippen molar-refractivity contribution in [2.45, 2.75) is 6.42 Å². The molecule has 4 rings (SSSR count). The molecule has 2 heterocycles. The van der Waals surface area contributed by atoms with Crippen LogP contribution in [0, 0.1) is 0 Å². The summed E-state index contributed by atoms with van der Waals surface area (Å²) in [6, 6.07) is 17.3. The Labute approximate surface area is 194 Å². The zero-order valence-electron chi connectivity index (χ0n) is 17.2. The number of amides is 1. The Hall–Kier alpha value is -3.22. The summed E-state index contributed by atoms with van der Waals surface area (Å²) in [6.07, 6.45) is 0.678. The Morgan fingerprint density at radius 1 is 1.00 bits per heavy atom. The Kier molecular flexibility index (Phi) is 6.53. The van der Waals surface area contributed by atoms with E-state index in [-0.39, 0.29) is 11.7 Å². The van der Waals surface area contributed by atoms with Gasteiger partial charge in [0.2, 0.25) is 0 Å². The molecule has 0 fully saturated rings. The topological polar surface area (TPSA) is 75.7 Å². The van der Waals surface area contributed by atoms with E-state index in [4.69, 9.17) is 32.0 Å². The second kappa shape index (κ2) is 9.51. The molecule has 0 bridgehead atoms. The average Bonchev–Trinajstić information content (AvgIpc) is 3.28. The van der Waals surface area contributed by atoms with E-state index in [0.717, 1.165) is 10.9 Å². The van der Waals surface area contributed by atoms with Crippen molar-refractivity contribution < 1.29 is 13.6 Å². The van der Waals surface area contributed by atoms with Crippen molar-refractivity contribution in [1.82, 2.24) is 4.90 Å². The summed E-state index contributed by atoms with van der Waals surface area (Å²) in [5.41, 5.74) is 1.58.